The molecule has 0 fully saturated rings. The second-order valence-electron chi connectivity index (χ2n) is 3.09. The minimum atomic E-state index is -1.01. The minimum absolute atomic E-state index is 0.102. The molecular weight excluding hydrogens is 172 g/mol. The summed E-state index contributed by atoms with van der Waals surface area (Å²) in [5.74, 6) is 0. The van der Waals surface area contributed by atoms with Crippen molar-refractivity contribution in [3.05, 3.63) is 0 Å². The minimum Gasteiger partial charge on any atom is -0.465 e. The Hall–Kier alpha value is -0.810. The average molecular weight is 190 g/mol. The van der Waals surface area contributed by atoms with Crippen LogP contribution in [0, 0.1) is 0 Å². The van der Waals surface area contributed by atoms with Crippen LogP contribution in [0.5, 0.6) is 0 Å². The van der Waals surface area contributed by atoms with Gasteiger partial charge in [-0.05, 0) is 13.8 Å². The van der Waals surface area contributed by atoms with Crippen LogP contribution < -0.4 is 5.32 Å². The van der Waals surface area contributed by atoms with Crippen molar-refractivity contribution in [1.82, 2.24) is 10.2 Å². The highest BCUT2D eigenvalue weighted by molar-refractivity contribution is 5.64. The van der Waals surface area contributed by atoms with Gasteiger partial charge in [0.1, 0.15) is 0 Å². The zero-order valence-corrected chi connectivity index (χ0v) is 8.16. The van der Waals surface area contributed by atoms with Crippen LogP contribution in [-0.4, -0.2) is 53.5 Å². The Labute approximate surface area is 78.4 Å². The first-order valence-corrected chi connectivity index (χ1v) is 4.39. The molecule has 0 heterocycles. The van der Waals surface area contributed by atoms with Crippen LogP contribution in [0.4, 0.5) is 4.79 Å². The van der Waals surface area contributed by atoms with Crippen molar-refractivity contribution in [1.29, 1.82) is 0 Å². The number of nitrogens with one attached hydrogen (secondary N) is 1. The second kappa shape index (κ2) is 6.68. The largest absolute Gasteiger partial charge is 0.465 e. The molecule has 0 aromatic carbocycles. The van der Waals surface area contributed by atoms with E-state index >= 15 is 0 Å². The molecule has 5 nitrogen and oxygen atoms in total. The van der Waals surface area contributed by atoms with E-state index in [1.807, 2.05) is 18.7 Å². The third-order valence-corrected chi connectivity index (χ3v) is 1.79. The molecule has 0 aliphatic heterocycles. The molecule has 0 bridgehead atoms. The predicted molar refractivity (Wildman–Crippen MR) is 49.8 cm³/mol. The van der Waals surface area contributed by atoms with Crippen molar-refractivity contribution >= 4 is 6.09 Å². The van der Waals surface area contributed by atoms with E-state index in [1.54, 1.807) is 0 Å². The normalized spacial score (nSPS) is 10.8. The van der Waals surface area contributed by atoms with E-state index in [2.05, 4.69) is 5.32 Å². The van der Waals surface area contributed by atoms with Crippen LogP contribution >= 0.6 is 0 Å². The number of aliphatic hydroxyl groups is 1. The Morgan fingerprint density at radius 3 is 2.46 bits per heavy atom. The van der Waals surface area contributed by atoms with Gasteiger partial charge >= 0.3 is 6.09 Å². The maximum absolute atomic E-state index is 10.1. The van der Waals surface area contributed by atoms with Gasteiger partial charge in [0.25, 0.3) is 0 Å². The van der Waals surface area contributed by atoms with Crippen molar-refractivity contribution in [3.8, 4) is 0 Å². The molecule has 1 amide bonds. The van der Waals surface area contributed by atoms with Gasteiger partial charge in [0, 0.05) is 25.7 Å². The lowest BCUT2D eigenvalue weighted by molar-refractivity contribution is 0.162. The molecule has 0 rings (SSSR count). The molecule has 0 radical (unpaired) electrons. The maximum atomic E-state index is 10.1. The van der Waals surface area contributed by atoms with Crippen molar-refractivity contribution in [2.45, 2.75) is 19.9 Å². The quantitative estimate of drug-likeness (QED) is 0.549. The lowest BCUT2D eigenvalue weighted by Gasteiger charge is -2.25. The molecule has 0 aliphatic rings. The highest BCUT2D eigenvalue weighted by Gasteiger charge is 2.07. The summed E-state index contributed by atoms with van der Waals surface area (Å²) < 4.78 is 0. The van der Waals surface area contributed by atoms with E-state index in [0.717, 1.165) is 0 Å². The lowest BCUT2D eigenvalue weighted by atomic mass is 10.3. The summed E-state index contributed by atoms with van der Waals surface area (Å²) in [5, 5.41) is 19.3. The van der Waals surface area contributed by atoms with E-state index in [0.29, 0.717) is 25.7 Å². The third kappa shape index (κ3) is 6.36. The fourth-order valence-electron chi connectivity index (χ4n) is 1.06. The zero-order chi connectivity index (χ0) is 10.3. The highest BCUT2D eigenvalue weighted by atomic mass is 16.4. The molecule has 0 aliphatic carbocycles. The molecule has 3 N–H and O–H groups in total. The predicted octanol–water partition coefficient (Wildman–Crippen LogP) is -0.0433. The second-order valence-corrected chi connectivity index (χ2v) is 3.09. The highest BCUT2D eigenvalue weighted by Crippen LogP contribution is 1.95. The van der Waals surface area contributed by atoms with Gasteiger partial charge in [-0.3, -0.25) is 4.90 Å². The maximum Gasteiger partial charge on any atom is 0.404 e. The molecule has 0 saturated heterocycles. The molecule has 0 saturated carbocycles. The van der Waals surface area contributed by atoms with Crippen LogP contribution in [0.25, 0.3) is 0 Å². The first-order chi connectivity index (χ1) is 6.07. The van der Waals surface area contributed by atoms with Crippen molar-refractivity contribution < 1.29 is 15.0 Å². The third-order valence-electron chi connectivity index (χ3n) is 1.79. The molecular formula is C8H18N2O3. The Balaban J connectivity index is 3.62. The van der Waals surface area contributed by atoms with Crippen molar-refractivity contribution in [2.24, 2.45) is 0 Å². The Morgan fingerprint density at radius 1 is 1.46 bits per heavy atom. The van der Waals surface area contributed by atoms with Crippen LogP contribution in [0.2, 0.25) is 0 Å². The SMILES string of the molecule is CC(C)N(CCO)CCNC(=O)O. The number of carboxylic acid groups (broad SMARTS) is 1. The van der Waals surface area contributed by atoms with Gasteiger partial charge in [0.2, 0.25) is 0 Å². The van der Waals surface area contributed by atoms with Gasteiger partial charge in [0.15, 0.2) is 0 Å². The van der Waals surface area contributed by atoms with E-state index in [-0.39, 0.29) is 6.61 Å². The Kier molecular flexibility index (Phi) is 6.26. The topological polar surface area (TPSA) is 72.8 Å². The molecule has 0 unspecified atom stereocenters. The number of hydrogen-bond acceptors (Lipinski definition) is 3. The fraction of sp³-hybridized carbons (Fsp3) is 0.875. The van der Waals surface area contributed by atoms with Gasteiger partial charge in [-0.25, -0.2) is 4.79 Å². The van der Waals surface area contributed by atoms with Gasteiger partial charge in [-0.15, -0.1) is 0 Å². The van der Waals surface area contributed by atoms with Crippen LogP contribution in [-0.2, 0) is 0 Å². The number of nitrogens with zero attached hydrogens (tertiary/aromatic N) is 1. The van der Waals surface area contributed by atoms with Crippen molar-refractivity contribution in [2.75, 3.05) is 26.2 Å². The zero-order valence-electron chi connectivity index (χ0n) is 8.16. The average Bonchev–Trinajstić information content (AvgIpc) is 2.02. The van der Waals surface area contributed by atoms with Gasteiger partial charge in [0.05, 0.1) is 6.61 Å². The Bertz CT molecular complexity index is 150. The monoisotopic (exact) mass is 190 g/mol. The first-order valence-electron chi connectivity index (χ1n) is 4.39. The molecule has 13 heavy (non-hydrogen) atoms. The number of hydrogen-bond donors (Lipinski definition) is 3. The summed E-state index contributed by atoms with van der Waals surface area (Å²) in [6, 6.07) is 0.322. The van der Waals surface area contributed by atoms with Crippen molar-refractivity contribution in [3.63, 3.8) is 0 Å². The molecule has 0 atom stereocenters. The number of aliphatic hydroxyl groups excluding tert-OH is 1. The summed E-state index contributed by atoms with van der Waals surface area (Å²) in [6.45, 7) is 5.73. The van der Waals surface area contributed by atoms with Gasteiger partial charge < -0.3 is 15.5 Å². The van der Waals surface area contributed by atoms with Gasteiger partial charge in [-0.2, -0.15) is 0 Å². The smallest absolute Gasteiger partial charge is 0.404 e. The van der Waals surface area contributed by atoms with E-state index < -0.39 is 6.09 Å². The van der Waals surface area contributed by atoms with Crippen LogP contribution in [0.3, 0.4) is 0 Å². The summed E-state index contributed by atoms with van der Waals surface area (Å²) in [6.07, 6.45) is -1.01. The summed E-state index contributed by atoms with van der Waals surface area (Å²) >= 11 is 0. The number of rotatable bonds is 6. The summed E-state index contributed by atoms with van der Waals surface area (Å²) in [4.78, 5) is 12.1. The standard InChI is InChI=1S/C8H18N2O3/c1-7(2)10(5-6-11)4-3-9-8(12)13/h7,9,11H,3-6H2,1-2H3,(H,12,13). The lowest BCUT2D eigenvalue weighted by Crippen LogP contribution is -2.39. The molecule has 0 spiro atoms. The summed E-state index contributed by atoms with van der Waals surface area (Å²) in [7, 11) is 0. The molecule has 5 heteroatoms. The first kappa shape index (κ1) is 12.2. The van der Waals surface area contributed by atoms with Crippen LogP contribution in [0.1, 0.15) is 13.8 Å². The van der Waals surface area contributed by atoms with Gasteiger partial charge in [-0.1, -0.05) is 0 Å². The van der Waals surface area contributed by atoms with Crippen LogP contribution in [0.15, 0.2) is 0 Å². The fourth-order valence-corrected chi connectivity index (χ4v) is 1.06. The summed E-state index contributed by atoms with van der Waals surface area (Å²) in [5.41, 5.74) is 0. The Morgan fingerprint density at radius 2 is 2.08 bits per heavy atom. The molecule has 0 aromatic rings. The molecule has 0 aromatic heterocycles. The molecule has 78 valence electrons. The van der Waals surface area contributed by atoms with E-state index in [9.17, 15) is 4.79 Å². The number of carbonyl (C=O) groups is 1. The number of amides is 1. The van der Waals surface area contributed by atoms with E-state index in [4.69, 9.17) is 10.2 Å². The van der Waals surface area contributed by atoms with E-state index in [1.165, 1.54) is 0 Å².